The van der Waals surface area contributed by atoms with Crippen molar-refractivity contribution in [1.29, 1.82) is 0 Å². The molecule has 5 radical (unpaired) electrons. The summed E-state index contributed by atoms with van der Waals surface area (Å²) < 4.78 is 28.9. The monoisotopic (exact) mass is 1560 g/mol. The van der Waals surface area contributed by atoms with Gasteiger partial charge in [-0.3, -0.25) is 0 Å². The van der Waals surface area contributed by atoms with E-state index in [1.807, 2.05) is 30.3 Å². The Kier molecular flexibility index (Phi) is 25.8. The first-order chi connectivity index (χ1) is 14.4. The Morgan fingerprint density at radius 1 is 0.857 bits per heavy atom. The topological polar surface area (TPSA) is 147 Å². The number of fused-ring (bicyclic) bond motifs is 1. The van der Waals surface area contributed by atoms with Crippen LogP contribution in [0.1, 0.15) is 18.8 Å². The van der Waals surface area contributed by atoms with Crippen LogP contribution in [0.25, 0.3) is 0 Å². The van der Waals surface area contributed by atoms with Gasteiger partial charge in [-0.1, -0.05) is 37.3 Å². The van der Waals surface area contributed by atoms with Gasteiger partial charge in [0.15, 0.2) is 18.9 Å². The second-order valence-electron chi connectivity index (χ2n) is 7.90. The van der Waals surface area contributed by atoms with E-state index in [9.17, 15) is 25.5 Å². The minimum Gasteiger partial charge on any atom is -0.394 e. The first-order valence-corrected chi connectivity index (χ1v) is 10.0. The zero-order valence-corrected chi connectivity index (χ0v) is 43.0. The molecule has 0 saturated carbocycles. The number of rotatable bonds is 4. The van der Waals surface area contributed by atoms with Crippen LogP contribution >= 0.6 is 0 Å². The molecule has 9 unspecified atom stereocenters. The van der Waals surface area contributed by atoms with E-state index in [0.29, 0.717) is 0 Å². The first kappa shape index (κ1) is 43.2. The number of benzene rings is 1. The Morgan fingerprint density at radius 3 is 2.09 bits per heavy atom. The van der Waals surface area contributed by atoms with Crippen LogP contribution in [0.2, 0.25) is 0 Å². The van der Waals surface area contributed by atoms with Gasteiger partial charge in [-0.25, -0.2) is 0 Å². The van der Waals surface area contributed by atoms with Gasteiger partial charge < -0.3 is 49.2 Å². The van der Waals surface area contributed by atoms with E-state index < -0.39 is 74.1 Å². The molecule has 183 valence electrons. The van der Waals surface area contributed by atoms with Gasteiger partial charge in [0.2, 0.25) is 0 Å². The second kappa shape index (κ2) is 20.9. The predicted octanol–water partition coefficient (Wildman–Crippen LogP) is -1.36. The number of hydrogen-bond acceptors (Lipinski definition) is 10. The van der Waals surface area contributed by atoms with Gasteiger partial charge in [0.25, 0.3) is 0 Å². The van der Waals surface area contributed by atoms with Gasteiger partial charge in [-0.05, 0) is 0 Å². The average molecular weight is 1560 g/mol. The Morgan fingerprint density at radius 2 is 1.49 bits per heavy atom. The molecule has 5 N–H and O–H groups in total. The Labute approximate surface area is 383 Å². The molecule has 0 amide bonds. The Balaban J connectivity index is 0. The van der Waals surface area contributed by atoms with Crippen LogP contribution in [0.15, 0.2) is 30.3 Å². The summed E-state index contributed by atoms with van der Waals surface area (Å²) in [6.45, 7) is 1.29. The molecule has 1 aromatic rings. The van der Waals surface area contributed by atoms with Crippen LogP contribution in [-0.2, 0) is 23.7 Å². The SMILES string of the molecule is C[C@H]1C(O)O[C@@H]2COC(c3ccccc3)OC2C1OC1OC(CO)C(O)C(O)C1O.[Ac].[Ac].[Ac].[Ac].[Ac]. The van der Waals surface area contributed by atoms with Crippen molar-refractivity contribution in [2.75, 3.05) is 13.2 Å². The summed E-state index contributed by atoms with van der Waals surface area (Å²) in [5.41, 5.74) is 0.807. The molecule has 3 aliphatic heterocycles. The van der Waals surface area contributed by atoms with Crippen LogP contribution in [0.5, 0.6) is 0 Å². The summed E-state index contributed by atoms with van der Waals surface area (Å²) in [6, 6.07) is 9.32. The molecule has 15 heteroatoms. The molecule has 3 saturated heterocycles. The maximum atomic E-state index is 10.3. The molecule has 11 atom stereocenters. The van der Waals surface area contributed by atoms with E-state index in [1.54, 1.807) is 6.92 Å². The second-order valence-corrected chi connectivity index (χ2v) is 7.90. The molecule has 4 rings (SSSR count). The summed E-state index contributed by atoms with van der Waals surface area (Å²) in [6.07, 6.45) is -10.9. The molecule has 0 spiro atoms. The molecule has 3 heterocycles. The predicted molar refractivity (Wildman–Crippen MR) is 98.7 cm³/mol. The van der Waals surface area contributed by atoms with Crippen LogP contribution in [0.4, 0.5) is 0 Å². The molecule has 3 fully saturated rings. The van der Waals surface area contributed by atoms with E-state index in [4.69, 9.17) is 23.7 Å². The summed E-state index contributed by atoms with van der Waals surface area (Å²) in [7, 11) is 0. The molecule has 0 aliphatic carbocycles. The van der Waals surface area contributed by atoms with E-state index in [1.165, 1.54) is 0 Å². The summed E-state index contributed by atoms with van der Waals surface area (Å²) >= 11 is 0. The molecule has 0 bridgehead atoms. The van der Waals surface area contributed by atoms with Crippen molar-refractivity contribution in [3.05, 3.63) is 35.9 Å². The van der Waals surface area contributed by atoms with Crippen molar-refractivity contribution in [3.8, 4) is 0 Å². The fourth-order valence-electron chi connectivity index (χ4n) is 4.04. The van der Waals surface area contributed by atoms with Crippen molar-refractivity contribution in [2.24, 2.45) is 5.92 Å². The maximum absolute atomic E-state index is 10.3. The smallest absolute Gasteiger partial charge is 0.187 e. The zero-order chi connectivity index (χ0) is 21.4. The normalized spacial score (nSPS) is 40.2. The van der Waals surface area contributed by atoms with Crippen molar-refractivity contribution >= 4 is 0 Å². The van der Waals surface area contributed by atoms with E-state index >= 15 is 0 Å². The number of hydrogen-bond donors (Lipinski definition) is 5. The third-order valence-electron chi connectivity index (χ3n) is 5.88. The standard InChI is InChI=1S/C20H28O10.5Ac/c1-9-16(29-20-15(24)14(23)13(22)11(7-21)28-20)17-12(27-18(9)25)8-26-19(30-17)10-5-3-2-4-6-10;;;;;/h2-6,9,11-25H,7-8H2,1H3;;;;;/t9-,11?,12-,13?,14?,15?,16?,17?,18?,19?,20?;;;;;/m1...../s1. The van der Waals surface area contributed by atoms with Gasteiger partial charge in [0.1, 0.15) is 36.6 Å². The summed E-state index contributed by atoms with van der Waals surface area (Å²) in [5.74, 6) is -0.562. The molecule has 3 aliphatic rings. The Hall–Kier alpha value is 6.03. The first-order valence-electron chi connectivity index (χ1n) is 10.0. The van der Waals surface area contributed by atoms with Crippen LogP contribution in [0, 0.1) is 226 Å². The van der Waals surface area contributed by atoms with E-state index in [-0.39, 0.29) is 227 Å². The fraction of sp³-hybridized carbons (Fsp3) is 0.700. The van der Waals surface area contributed by atoms with Gasteiger partial charge in [-0.15, -0.1) is 0 Å². The third kappa shape index (κ3) is 10.9. The van der Waals surface area contributed by atoms with Crippen molar-refractivity contribution in [3.63, 3.8) is 0 Å². The molecule has 10 nitrogen and oxygen atoms in total. The van der Waals surface area contributed by atoms with Crippen LogP contribution in [0.3, 0.4) is 0 Å². The largest absolute Gasteiger partial charge is 0.394 e. The van der Waals surface area contributed by atoms with Crippen LogP contribution < -0.4 is 0 Å². The van der Waals surface area contributed by atoms with Gasteiger partial charge in [0.05, 0.1) is 19.3 Å². The molecular weight excluding hydrogens is 1540 g/mol. The van der Waals surface area contributed by atoms with Crippen molar-refractivity contribution in [2.45, 2.75) is 68.5 Å². The maximum Gasteiger partial charge on any atom is 0.187 e. The summed E-state index contributed by atoms with van der Waals surface area (Å²) in [5, 5.41) is 50.1. The fourth-order valence-corrected chi connectivity index (χ4v) is 4.04. The molecule has 0 aromatic heterocycles. The quantitative estimate of drug-likeness (QED) is 0.245. The molecule has 35 heavy (non-hydrogen) atoms. The van der Waals surface area contributed by atoms with E-state index in [0.717, 1.165) is 5.56 Å². The number of aliphatic hydroxyl groups excluding tert-OH is 5. The molecular formula is C20H28Ac5O10. The average Bonchev–Trinajstić information content (AvgIpc) is 2.77. The van der Waals surface area contributed by atoms with Gasteiger partial charge in [-0.2, -0.15) is 0 Å². The van der Waals surface area contributed by atoms with E-state index in [2.05, 4.69) is 0 Å². The van der Waals surface area contributed by atoms with Crippen molar-refractivity contribution < 1.29 is 270 Å². The van der Waals surface area contributed by atoms with Crippen LogP contribution in [-0.4, -0.2) is 94.1 Å². The minimum atomic E-state index is -1.57. The number of aliphatic hydroxyl groups is 5. The third-order valence-corrected chi connectivity index (χ3v) is 5.88. The Bertz CT molecular complexity index is 708. The van der Waals surface area contributed by atoms with Crippen molar-refractivity contribution in [1.82, 2.24) is 0 Å². The summed E-state index contributed by atoms with van der Waals surface area (Å²) in [4.78, 5) is 0. The molecule has 1 aromatic carbocycles. The minimum absolute atomic E-state index is 0. The van der Waals surface area contributed by atoms with Gasteiger partial charge >= 0.3 is 0 Å². The zero-order valence-electron chi connectivity index (χ0n) is 19.3. The van der Waals surface area contributed by atoms with Gasteiger partial charge in [0, 0.05) is 232 Å². The number of ether oxygens (including phenoxy) is 5.